The van der Waals surface area contributed by atoms with E-state index in [9.17, 15) is 4.79 Å². The summed E-state index contributed by atoms with van der Waals surface area (Å²) >= 11 is 12.2. The van der Waals surface area contributed by atoms with E-state index >= 15 is 0 Å². The molecule has 6 heteroatoms. The van der Waals surface area contributed by atoms with Crippen LogP contribution in [0.4, 0.5) is 5.69 Å². The molecule has 0 aromatic heterocycles. The fraction of sp³-hybridized carbons (Fsp3) is 0.316. The van der Waals surface area contributed by atoms with Crippen molar-refractivity contribution in [2.24, 2.45) is 0 Å². The summed E-state index contributed by atoms with van der Waals surface area (Å²) < 4.78 is 11.4. The molecule has 4 nitrogen and oxygen atoms in total. The van der Waals surface area contributed by atoms with E-state index in [2.05, 4.69) is 5.32 Å². The maximum absolute atomic E-state index is 12.2. The van der Waals surface area contributed by atoms with Gasteiger partial charge in [0.25, 0.3) is 0 Å². The molecule has 0 saturated carbocycles. The summed E-state index contributed by atoms with van der Waals surface area (Å²) in [5.74, 6) is 1.13. The highest BCUT2D eigenvalue weighted by Crippen LogP contribution is 2.44. The fourth-order valence-corrected chi connectivity index (χ4v) is 3.34. The van der Waals surface area contributed by atoms with Crippen molar-refractivity contribution < 1.29 is 14.3 Å². The van der Waals surface area contributed by atoms with E-state index < -0.39 is 0 Å². The summed E-state index contributed by atoms with van der Waals surface area (Å²) in [6, 6.07) is 9.23. The standard InChI is InChI=1S/C19H19Cl2NO3/c1-3-24-17-8-13-12(11-5-6-14(20)15(21)7-11)9-19(23)22-16(13)10-18(17)25-4-2/h5-8,10,12H,3-4,9H2,1-2H3,(H,22,23)/t12-/m0/s1. The summed E-state index contributed by atoms with van der Waals surface area (Å²) in [5.41, 5.74) is 2.65. The van der Waals surface area contributed by atoms with Crippen LogP contribution < -0.4 is 14.8 Å². The summed E-state index contributed by atoms with van der Waals surface area (Å²) in [4.78, 5) is 12.2. The lowest BCUT2D eigenvalue weighted by Gasteiger charge is -2.27. The Morgan fingerprint density at radius 1 is 1.04 bits per heavy atom. The van der Waals surface area contributed by atoms with Crippen molar-refractivity contribution in [2.75, 3.05) is 18.5 Å². The number of carbonyl (C=O) groups is 1. The first-order valence-corrected chi connectivity index (χ1v) is 8.97. The second-order valence-electron chi connectivity index (χ2n) is 5.73. The molecule has 25 heavy (non-hydrogen) atoms. The Labute approximate surface area is 157 Å². The number of nitrogens with one attached hydrogen (secondary N) is 1. The minimum Gasteiger partial charge on any atom is -0.490 e. The van der Waals surface area contributed by atoms with E-state index in [-0.39, 0.29) is 11.8 Å². The van der Waals surface area contributed by atoms with E-state index in [0.29, 0.717) is 41.2 Å². The largest absolute Gasteiger partial charge is 0.490 e. The number of anilines is 1. The van der Waals surface area contributed by atoms with Crippen molar-refractivity contribution in [1.82, 2.24) is 0 Å². The van der Waals surface area contributed by atoms with Crippen LogP contribution in [0.5, 0.6) is 11.5 Å². The molecule has 2 aromatic rings. The molecule has 0 radical (unpaired) electrons. The smallest absolute Gasteiger partial charge is 0.225 e. The van der Waals surface area contributed by atoms with Crippen LogP contribution in [-0.4, -0.2) is 19.1 Å². The van der Waals surface area contributed by atoms with Gasteiger partial charge < -0.3 is 14.8 Å². The highest BCUT2D eigenvalue weighted by Gasteiger charge is 2.29. The number of benzene rings is 2. The fourth-order valence-electron chi connectivity index (χ4n) is 3.03. The molecular weight excluding hydrogens is 361 g/mol. The van der Waals surface area contributed by atoms with Crippen LogP contribution in [0, 0.1) is 0 Å². The first-order valence-electron chi connectivity index (χ1n) is 8.21. The lowest BCUT2D eigenvalue weighted by atomic mass is 9.84. The molecule has 1 amide bonds. The summed E-state index contributed by atoms with van der Waals surface area (Å²) in [5, 5.41) is 3.89. The van der Waals surface area contributed by atoms with E-state index in [0.717, 1.165) is 16.8 Å². The van der Waals surface area contributed by atoms with Gasteiger partial charge in [-0.1, -0.05) is 29.3 Å². The SMILES string of the molecule is CCOc1cc2c(cc1OCC)[C@H](c1ccc(Cl)c(Cl)c1)CC(=O)N2. The van der Waals surface area contributed by atoms with E-state index in [1.54, 1.807) is 6.07 Å². The second-order valence-corrected chi connectivity index (χ2v) is 6.55. The number of ether oxygens (including phenoxy) is 2. The quantitative estimate of drug-likeness (QED) is 0.769. The van der Waals surface area contributed by atoms with Gasteiger partial charge in [-0.05, 0) is 43.2 Å². The second kappa shape index (κ2) is 7.54. The first kappa shape index (κ1) is 17.9. The molecule has 1 aliphatic heterocycles. The number of amides is 1. The van der Waals surface area contributed by atoms with E-state index in [4.69, 9.17) is 32.7 Å². The molecule has 1 heterocycles. The predicted octanol–water partition coefficient (Wildman–Crippen LogP) is 5.26. The topological polar surface area (TPSA) is 47.6 Å². The molecule has 2 aromatic carbocycles. The first-order chi connectivity index (χ1) is 12.0. The number of hydrogen-bond donors (Lipinski definition) is 1. The number of hydrogen-bond acceptors (Lipinski definition) is 3. The zero-order chi connectivity index (χ0) is 18.0. The third-order valence-corrected chi connectivity index (χ3v) is 4.84. The molecule has 1 N–H and O–H groups in total. The normalized spacial score (nSPS) is 16.2. The van der Waals surface area contributed by atoms with Gasteiger partial charge in [0.1, 0.15) is 0 Å². The number of carbonyl (C=O) groups excluding carboxylic acids is 1. The zero-order valence-corrected chi connectivity index (χ0v) is 15.6. The number of fused-ring (bicyclic) bond motifs is 1. The van der Waals surface area contributed by atoms with Gasteiger partial charge in [-0.25, -0.2) is 0 Å². The van der Waals surface area contributed by atoms with Crippen LogP contribution in [0.2, 0.25) is 10.0 Å². The molecule has 0 unspecified atom stereocenters. The van der Waals surface area contributed by atoms with Crippen LogP contribution in [-0.2, 0) is 4.79 Å². The lowest BCUT2D eigenvalue weighted by Crippen LogP contribution is -2.23. The monoisotopic (exact) mass is 379 g/mol. The summed E-state index contributed by atoms with van der Waals surface area (Å²) in [7, 11) is 0. The molecule has 1 aliphatic rings. The molecular formula is C19H19Cl2NO3. The highest BCUT2D eigenvalue weighted by atomic mass is 35.5. The Kier molecular flexibility index (Phi) is 5.40. The Bertz CT molecular complexity index is 807. The average Bonchev–Trinajstić information content (AvgIpc) is 2.58. The van der Waals surface area contributed by atoms with E-state index in [1.807, 2.05) is 38.1 Å². The van der Waals surface area contributed by atoms with Gasteiger partial charge >= 0.3 is 0 Å². The Morgan fingerprint density at radius 2 is 1.72 bits per heavy atom. The van der Waals surface area contributed by atoms with Crippen molar-refractivity contribution in [3.8, 4) is 11.5 Å². The Hall–Kier alpha value is -1.91. The van der Waals surface area contributed by atoms with Gasteiger partial charge in [0.05, 0.1) is 23.3 Å². The van der Waals surface area contributed by atoms with Crippen molar-refractivity contribution in [3.05, 3.63) is 51.5 Å². The van der Waals surface area contributed by atoms with Gasteiger partial charge in [-0.15, -0.1) is 0 Å². The van der Waals surface area contributed by atoms with Crippen molar-refractivity contribution in [1.29, 1.82) is 0 Å². The van der Waals surface area contributed by atoms with E-state index in [1.165, 1.54) is 0 Å². The Morgan fingerprint density at radius 3 is 2.36 bits per heavy atom. The number of halogens is 2. The Balaban J connectivity index is 2.10. The average molecular weight is 380 g/mol. The molecule has 0 aliphatic carbocycles. The van der Waals surface area contributed by atoms with Gasteiger partial charge in [0.2, 0.25) is 5.91 Å². The number of rotatable bonds is 5. The zero-order valence-electron chi connectivity index (χ0n) is 14.1. The van der Waals surface area contributed by atoms with Crippen molar-refractivity contribution in [2.45, 2.75) is 26.2 Å². The summed E-state index contributed by atoms with van der Waals surface area (Å²) in [6.45, 7) is 4.88. The van der Waals surface area contributed by atoms with Crippen LogP contribution in [0.15, 0.2) is 30.3 Å². The minimum atomic E-state index is -0.117. The highest BCUT2D eigenvalue weighted by molar-refractivity contribution is 6.42. The maximum atomic E-state index is 12.2. The van der Waals surface area contributed by atoms with Gasteiger partial charge in [-0.2, -0.15) is 0 Å². The third-order valence-electron chi connectivity index (χ3n) is 4.10. The molecule has 0 bridgehead atoms. The minimum absolute atomic E-state index is 0.0461. The van der Waals surface area contributed by atoms with Crippen LogP contribution in [0.1, 0.15) is 37.3 Å². The van der Waals surface area contributed by atoms with Crippen molar-refractivity contribution in [3.63, 3.8) is 0 Å². The van der Waals surface area contributed by atoms with Crippen LogP contribution in [0.25, 0.3) is 0 Å². The van der Waals surface area contributed by atoms with Crippen molar-refractivity contribution >= 4 is 34.8 Å². The maximum Gasteiger partial charge on any atom is 0.225 e. The summed E-state index contributed by atoms with van der Waals surface area (Å²) in [6.07, 6.45) is 0.338. The van der Waals surface area contributed by atoms with Crippen LogP contribution >= 0.6 is 23.2 Å². The molecule has 0 saturated heterocycles. The van der Waals surface area contributed by atoms with Gasteiger partial charge in [0, 0.05) is 24.1 Å². The molecule has 132 valence electrons. The van der Waals surface area contributed by atoms with Crippen LogP contribution in [0.3, 0.4) is 0 Å². The molecule has 3 rings (SSSR count). The van der Waals surface area contributed by atoms with Gasteiger partial charge in [0.15, 0.2) is 11.5 Å². The molecule has 0 spiro atoms. The molecule has 0 fully saturated rings. The lowest BCUT2D eigenvalue weighted by molar-refractivity contribution is -0.116. The van der Waals surface area contributed by atoms with Gasteiger partial charge in [-0.3, -0.25) is 4.79 Å². The molecule has 1 atom stereocenters. The predicted molar refractivity (Wildman–Crippen MR) is 100 cm³/mol. The third kappa shape index (κ3) is 3.70.